The van der Waals surface area contributed by atoms with Gasteiger partial charge in [0.15, 0.2) is 0 Å². The van der Waals surface area contributed by atoms with Crippen LogP contribution in [0.15, 0.2) is 0 Å². The largest absolute Gasteiger partial charge is 2.00 e. The maximum Gasteiger partial charge on any atom is 2.00 e. The van der Waals surface area contributed by atoms with E-state index in [-0.39, 0.29) is 67.9 Å². The molecule has 1 radical (unpaired) electrons. The van der Waals surface area contributed by atoms with Crippen molar-refractivity contribution in [3.63, 3.8) is 0 Å². The first-order valence-corrected chi connectivity index (χ1v) is 5.48. The Balaban J connectivity index is -0.00000180. The van der Waals surface area contributed by atoms with Gasteiger partial charge in [-0.05, 0) is 0 Å². The second-order valence-electron chi connectivity index (χ2n) is 3.95. The average molecular weight is 394 g/mol. The van der Waals surface area contributed by atoms with Crippen LogP contribution in [0.1, 0.15) is 0 Å². The quantitative estimate of drug-likeness (QED) is 0.324. The number of carboxylic acid groups (broad SMARTS) is 4. The summed E-state index contributed by atoms with van der Waals surface area (Å²) in [7, 11) is 0. The number of hydrogen-bond donors (Lipinski definition) is 2. The number of nitrogens with zero attached hydrogens (tertiary/aromatic N) is 2. The minimum atomic E-state index is -1.49. The maximum atomic E-state index is 10.5. The summed E-state index contributed by atoms with van der Waals surface area (Å²) in [5.41, 5.74) is 0. The number of carbonyl (C=O) groups is 4. The molecule has 22 heavy (non-hydrogen) atoms. The number of aliphatic carboxylic acids is 4. The van der Waals surface area contributed by atoms with Crippen molar-refractivity contribution in [3.05, 3.63) is 0 Å². The van der Waals surface area contributed by atoms with Gasteiger partial charge in [0.2, 0.25) is 0 Å². The third-order valence-corrected chi connectivity index (χ3v) is 2.16. The van der Waals surface area contributed by atoms with Crippen molar-refractivity contribution in [2.75, 3.05) is 39.3 Å². The predicted molar refractivity (Wildman–Crippen MR) is 63.9 cm³/mol. The van der Waals surface area contributed by atoms with Gasteiger partial charge in [0.25, 0.3) is 0 Å². The van der Waals surface area contributed by atoms with Crippen LogP contribution in [0.4, 0.5) is 0 Å². The van der Waals surface area contributed by atoms with Crippen LogP contribution in [0.5, 0.6) is 0 Å². The van der Waals surface area contributed by atoms with Gasteiger partial charge >= 0.3 is 49.7 Å². The van der Waals surface area contributed by atoms with E-state index < -0.39 is 50.1 Å². The van der Waals surface area contributed by atoms with E-state index in [1.807, 2.05) is 0 Å². The van der Waals surface area contributed by atoms with E-state index in [1.54, 1.807) is 0 Å². The molecule has 0 aromatic rings. The second kappa shape index (κ2) is 14.2. The van der Waals surface area contributed by atoms with E-state index >= 15 is 0 Å². The van der Waals surface area contributed by atoms with Gasteiger partial charge in [-0.2, -0.15) is 0 Å². The first kappa shape index (κ1) is 26.5. The zero-order chi connectivity index (χ0) is 15.7. The molecule has 0 bridgehead atoms. The summed E-state index contributed by atoms with van der Waals surface area (Å²) >= 11 is 0. The van der Waals surface area contributed by atoms with E-state index in [0.29, 0.717) is 0 Å². The molecule has 0 unspecified atom stereocenters. The Morgan fingerprint density at radius 3 is 1.18 bits per heavy atom. The Kier molecular flexibility index (Phi) is 17.1. The zero-order valence-corrected chi connectivity index (χ0v) is 14.6. The maximum absolute atomic E-state index is 10.5. The van der Waals surface area contributed by atoms with Gasteiger partial charge in [-0.15, -0.1) is 0 Å². The SMILES string of the molecule is O=C([O-])CN(CCN(CC(=O)[O-])CC(=O)O)CC(=O)O.[Ca+2].[Cu]. The fraction of sp³-hybridized carbons (Fsp3) is 0.600. The zero-order valence-electron chi connectivity index (χ0n) is 11.5. The molecule has 0 aromatic carbocycles. The summed E-state index contributed by atoms with van der Waals surface area (Å²) in [5, 5.41) is 38.0. The van der Waals surface area contributed by atoms with E-state index in [1.165, 1.54) is 0 Å². The summed E-state index contributed by atoms with van der Waals surface area (Å²) in [6, 6.07) is 0. The molecular weight excluding hydrogens is 380 g/mol. The normalized spacial score (nSPS) is 9.73. The predicted octanol–water partition coefficient (Wildman–Crippen LogP) is -5.12. The van der Waals surface area contributed by atoms with Gasteiger partial charge in [-0.3, -0.25) is 19.4 Å². The van der Waals surface area contributed by atoms with Gasteiger partial charge in [0, 0.05) is 43.2 Å². The Bertz CT molecular complexity index is 327. The van der Waals surface area contributed by atoms with Gasteiger partial charge in [-0.25, -0.2) is 0 Å². The smallest absolute Gasteiger partial charge is 0.549 e. The van der Waals surface area contributed by atoms with Crippen molar-refractivity contribution < 1.29 is 56.7 Å². The molecule has 0 saturated heterocycles. The van der Waals surface area contributed by atoms with Crippen LogP contribution in [0, 0.1) is 0 Å². The van der Waals surface area contributed by atoms with Crippen LogP contribution in [0.25, 0.3) is 0 Å². The van der Waals surface area contributed by atoms with Crippen molar-refractivity contribution >= 4 is 61.6 Å². The molecule has 0 spiro atoms. The summed E-state index contributed by atoms with van der Waals surface area (Å²) in [5.74, 6) is -5.52. The molecule has 10 nitrogen and oxygen atoms in total. The molecule has 0 aliphatic heterocycles. The van der Waals surface area contributed by atoms with E-state index in [4.69, 9.17) is 10.2 Å². The molecule has 0 fully saturated rings. The van der Waals surface area contributed by atoms with Crippen molar-refractivity contribution in [2.24, 2.45) is 0 Å². The molecule has 0 atom stereocenters. The molecule has 0 saturated carbocycles. The van der Waals surface area contributed by atoms with Crippen LogP contribution < -0.4 is 10.2 Å². The van der Waals surface area contributed by atoms with Gasteiger partial charge in [0.05, 0.1) is 25.0 Å². The minimum absolute atomic E-state index is 0. The molecule has 12 heteroatoms. The first-order valence-electron chi connectivity index (χ1n) is 5.48. The Labute approximate surface area is 166 Å². The molecule has 0 amide bonds. The number of rotatable bonds is 11. The fourth-order valence-corrected chi connectivity index (χ4v) is 1.46. The van der Waals surface area contributed by atoms with Gasteiger partial charge < -0.3 is 30.0 Å². The van der Waals surface area contributed by atoms with Crippen molar-refractivity contribution in [2.45, 2.75) is 0 Å². The Hall–Kier alpha value is -0.421. The molecule has 0 aliphatic rings. The van der Waals surface area contributed by atoms with Crippen LogP contribution in [-0.2, 0) is 36.2 Å². The van der Waals surface area contributed by atoms with E-state index in [0.717, 1.165) is 9.80 Å². The molecular formula is C10H14CaCuN2O8. The Morgan fingerprint density at radius 1 is 0.727 bits per heavy atom. The molecule has 0 heterocycles. The molecule has 0 aliphatic carbocycles. The van der Waals surface area contributed by atoms with Crippen LogP contribution in [0.2, 0.25) is 0 Å². The van der Waals surface area contributed by atoms with Crippen molar-refractivity contribution in [1.82, 2.24) is 9.80 Å². The minimum Gasteiger partial charge on any atom is -0.549 e. The number of carboxylic acids is 4. The van der Waals surface area contributed by atoms with E-state index in [2.05, 4.69) is 0 Å². The summed E-state index contributed by atoms with van der Waals surface area (Å²) in [6.07, 6.45) is 0. The van der Waals surface area contributed by atoms with Crippen LogP contribution in [-0.4, -0.2) is 121 Å². The van der Waals surface area contributed by atoms with Crippen molar-refractivity contribution in [3.8, 4) is 0 Å². The topological polar surface area (TPSA) is 161 Å². The van der Waals surface area contributed by atoms with Crippen molar-refractivity contribution in [1.29, 1.82) is 0 Å². The molecule has 2 N–H and O–H groups in total. The fourth-order valence-electron chi connectivity index (χ4n) is 1.46. The average Bonchev–Trinajstić information content (AvgIpc) is 2.22. The third kappa shape index (κ3) is 16.0. The summed E-state index contributed by atoms with van der Waals surface area (Å²) in [4.78, 5) is 43.9. The molecule has 0 aromatic heterocycles. The molecule has 125 valence electrons. The van der Waals surface area contributed by atoms with Crippen LogP contribution in [0.3, 0.4) is 0 Å². The summed E-state index contributed by atoms with van der Waals surface area (Å²) in [6.45, 7) is -2.75. The van der Waals surface area contributed by atoms with E-state index in [9.17, 15) is 29.4 Å². The van der Waals surface area contributed by atoms with Gasteiger partial charge in [-0.1, -0.05) is 0 Å². The summed E-state index contributed by atoms with van der Waals surface area (Å²) < 4.78 is 0. The van der Waals surface area contributed by atoms with Crippen LogP contribution >= 0.6 is 0 Å². The third-order valence-electron chi connectivity index (χ3n) is 2.16. The second-order valence-corrected chi connectivity index (χ2v) is 3.95. The molecule has 0 rings (SSSR count). The Morgan fingerprint density at radius 2 is 1.00 bits per heavy atom. The van der Waals surface area contributed by atoms with Gasteiger partial charge in [0.1, 0.15) is 0 Å². The monoisotopic (exact) mass is 393 g/mol. The number of carbonyl (C=O) groups excluding carboxylic acids is 2. The standard InChI is InChI=1S/C10H16N2O8.Ca.Cu/c13-7(14)3-11(4-8(15)16)1-2-12(5-9(17)18)6-10(19)20;;/h1-6H2,(H,13,14)(H,15,16)(H,17,18)(H,19,20);;/q;+2;/p-2. The number of hydrogen-bond acceptors (Lipinski definition) is 8. The first-order chi connectivity index (χ1) is 9.20.